The van der Waals surface area contributed by atoms with Gasteiger partial charge in [0.25, 0.3) is 0 Å². The Kier molecular flexibility index (Phi) is 3.73. The monoisotopic (exact) mass is 257 g/mol. The maximum absolute atomic E-state index is 11.8. The second-order valence-corrected chi connectivity index (χ2v) is 6.29. The molecule has 0 amide bonds. The maximum atomic E-state index is 11.8. The van der Waals surface area contributed by atoms with Gasteiger partial charge in [-0.25, -0.2) is 4.98 Å². The zero-order chi connectivity index (χ0) is 11.5. The Bertz CT molecular complexity index is 462. The number of imidazole rings is 1. The Morgan fingerprint density at radius 3 is 3.19 bits per heavy atom. The second kappa shape index (κ2) is 5.07. The highest BCUT2D eigenvalue weighted by Gasteiger charge is 2.09. The molecule has 0 aromatic carbocycles. The molecule has 0 fully saturated rings. The van der Waals surface area contributed by atoms with Crippen LogP contribution in [0.3, 0.4) is 0 Å². The highest BCUT2D eigenvalue weighted by molar-refractivity contribution is 7.84. The normalized spacial score (nSPS) is 15.4. The largest absolute Gasteiger partial charge is 0.330 e. The molecule has 0 aliphatic carbocycles. The molecule has 0 radical (unpaired) electrons. The highest BCUT2D eigenvalue weighted by atomic mass is 32.2. The maximum Gasteiger partial charge on any atom is 0.193 e. The molecule has 2 heterocycles. The van der Waals surface area contributed by atoms with Gasteiger partial charge < -0.3 is 5.73 Å². The summed E-state index contributed by atoms with van der Waals surface area (Å²) in [6.07, 6.45) is 3.90. The van der Waals surface area contributed by atoms with E-state index in [9.17, 15) is 4.21 Å². The fraction of sp³-hybridized carbons (Fsp3) is 0.500. The molecule has 4 nitrogen and oxygen atoms in total. The van der Waals surface area contributed by atoms with Crippen LogP contribution in [0, 0.1) is 5.92 Å². The molecule has 16 heavy (non-hydrogen) atoms. The fourth-order valence-electron chi connectivity index (χ4n) is 1.45. The van der Waals surface area contributed by atoms with Crippen LogP contribution in [0.2, 0.25) is 0 Å². The molecular formula is C10H15N3OS2. The highest BCUT2D eigenvalue weighted by Crippen LogP contribution is 2.13. The molecule has 2 N–H and O–H groups in total. The van der Waals surface area contributed by atoms with E-state index in [1.54, 1.807) is 11.3 Å². The molecule has 2 aromatic rings. The lowest BCUT2D eigenvalue weighted by Crippen LogP contribution is -2.18. The molecule has 6 heteroatoms. The van der Waals surface area contributed by atoms with Crippen LogP contribution in [-0.2, 0) is 16.6 Å². The predicted octanol–water partition coefficient (Wildman–Crippen LogP) is 1.24. The van der Waals surface area contributed by atoms with E-state index >= 15 is 0 Å². The minimum Gasteiger partial charge on any atom is -0.330 e. The smallest absolute Gasteiger partial charge is 0.193 e. The van der Waals surface area contributed by atoms with Gasteiger partial charge in [0.05, 0.1) is 11.4 Å². The van der Waals surface area contributed by atoms with Gasteiger partial charge in [-0.2, -0.15) is 0 Å². The van der Waals surface area contributed by atoms with Gasteiger partial charge in [-0.15, -0.1) is 11.3 Å². The van der Waals surface area contributed by atoms with E-state index in [0.717, 1.165) is 10.7 Å². The standard InChI is InChI=1S/C10H15N3OS2/c1-8(4-11)6-16(14)7-9-5-13-2-3-15-10(13)12-9/h2-3,5,8H,4,6-7,11H2,1H3. The van der Waals surface area contributed by atoms with Crippen molar-refractivity contribution in [3.63, 3.8) is 0 Å². The van der Waals surface area contributed by atoms with Gasteiger partial charge >= 0.3 is 0 Å². The Hall–Kier alpha value is -0.720. The van der Waals surface area contributed by atoms with E-state index in [-0.39, 0.29) is 0 Å². The average Bonchev–Trinajstić information content (AvgIpc) is 2.77. The van der Waals surface area contributed by atoms with Gasteiger partial charge in [-0.1, -0.05) is 6.92 Å². The van der Waals surface area contributed by atoms with Crippen molar-refractivity contribution >= 4 is 27.1 Å². The van der Waals surface area contributed by atoms with Crippen molar-refractivity contribution in [3.8, 4) is 0 Å². The van der Waals surface area contributed by atoms with Crippen molar-refractivity contribution in [2.45, 2.75) is 12.7 Å². The van der Waals surface area contributed by atoms with Crippen LogP contribution in [0.5, 0.6) is 0 Å². The summed E-state index contributed by atoms with van der Waals surface area (Å²) >= 11 is 1.59. The van der Waals surface area contributed by atoms with Crippen LogP contribution in [-0.4, -0.2) is 25.9 Å². The third-order valence-electron chi connectivity index (χ3n) is 2.32. The zero-order valence-corrected chi connectivity index (χ0v) is 10.8. The zero-order valence-electron chi connectivity index (χ0n) is 9.13. The van der Waals surface area contributed by atoms with Crippen molar-refractivity contribution < 1.29 is 4.21 Å². The minimum absolute atomic E-state index is 0.310. The van der Waals surface area contributed by atoms with Gasteiger partial charge in [0, 0.05) is 34.3 Å². The van der Waals surface area contributed by atoms with E-state index in [2.05, 4.69) is 4.98 Å². The van der Waals surface area contributed by atoms with Crippen LogP contribution in [0.25, 0.3) is 4.96 Å². The Labute approximate surface area is 101 Å². The molecule has 0 spiro atoms. The number of nitrogens with two attached hydrogens (primary N) is 1. The summed E-state index contributed by atoms with van der Waals surface area (Å²) in [5, 5.41) is 1.99. The quantitative estimate of drug-likeness (QED) is 0.876. The Morgan fingerprint density at radius 2 is 2.50 bits per heavy atom. The van der Waals surface area contributed by atoms with Crippen molar-refractivity contribution in [2.75, 3.05) is 12.3 Å². The van der Waals surface area contributed by atoms with E-state index in [1.807, 2.05) is 29.1 Å². The van der Waals surface area contributed by atoms with E-state index in [1.165, 1.54) is 0 Å². The van der Waals surface area contributed by atoms with E-state index in [4.69, 9.17) is 5.73 Å². The first kappa shape index (κ1) is 11.8. The van der Waals surface area contributed by atoms with Crippen molar-refractivity contribution in [2.24, 2.45) is 11.7 Å². The second-order valence-electron chi connectivity index (χ2n) is 3.92. The number of fused-ring (bicyclic) bond motifs is 1. The summed E-state index contributed by atoms with van der Waals surface area (Å²) in [5.41, 5.74) is 6.40. The van der Waals surface area contributed by atoms with Gasteiger partial charge in [-0.3, -0.25) is 8.61 Å². The lowest BCUT2D eigenvalue weighted by atomic mass is 10.2. The summed E-state index contributed by atoms with van der Waals surface area (Å²) in [6.45, 7) is 2.60. The Morgan fingerprint density at radius 1 is 1.69 bits per heavy atom. The number of hydrogen-bond acceptors (Lipinski definition) is 4. The van der Waals surface area contributed by atoms with Crippen LogP contribution >= 0.6 is 11.3 Å². The van der Waals surface area contributed by atoms with Gasteiger partial charge in [-0.05, 0) is 12.5 Å². The number of nitrogens with zero attached hydrogens (tertiary/aromatic N) is 2. The molecule has 0 bridgehead atoms. The van der Waals surface area contributed by atoms with E-state index < -0.39 is 10.8 Å². The van der Waals surface area contributed by atoms with Crippen LogP contribution in [0.4, 0.5) is 0 Å². The SMILES string of the molecule is CC(CN)CS(=O)Cc1cn2ccsc2n1. The lowest BCUT2D eigenvalue weighted by molar-refractivity contribution is 0.640. The molecule has 0 aliphatic heterocycles. The molecule has 2 unspecified atom stereocenters. The predicted molar refractivity (Wildman–Crippen MR) is 68.0 cm³/mol. The average molecular weight is 257 g/mol. The molecule has 0 saturated heterocycles. The first-order valence-corrected chi connectivity index (χ1v) is 7.52. The summed E-state index contributed by atoms with van der Waals surface area (Å²) in [4.78, 5) is 5.36. The first-order valence-electron chi connectivity index (χ1n) is 5.15. The summed E-state index contributed by atoms with van der Waals surface area (Å²) in [7, 11) is -0.863. The molecular weight excluding hydrogens is 242 g/mol. The molecule has 0 saturated carbocycles. The summed E-state index contributed by atoms with van der Waals surface area (Å²) < 4.78 is 13.8. The van der Waals surface area contributed by atoms with Gasteiger partial charge in [0.2, 0.25) is 0 Å². The number of thiazole rings is 1. The Balaban J connectivity index is 1.99. The van der Waals surface area contributed by atoms with Crippen LogP contribution in [0.1, 0.15) is 12.6 Å². The number of rotatable bonds is 5. The van der Waals surface area contributed by atoms with Crippen LogP contribution < -0.4 is 5.73 Å². The molecule has 2 atom stereocenters. The minimum atomic E-state index is -0.863. The van der Waals surface area contributed by atoms with E-state index in [0.29, 0.717) is 24.0 Å². The van der Waals surface area contributed by atoms with Crippen LogP contribution in [0.15, 0.2) is 17.8 Å². The topological polar surface area (TPSA) is 60.4 Å². The van der Waals surface area contributed by atoms with Crippen molar-refractivity contribution in [1.82, 2.24) is 9.38 Å². The first-order chi connectivity index (χ1) is 7.69. The summed E-state index contributed by atoms with van der Waals surface area (Å²) in [6, 6.07) is 0. The van der Waals surface area contributed by atoms with Crippen molar-refractivity contribution in [3.05, 3.63) is 23.5 Å². The van der Waals surface area contributed by atoms with Crippen molar-refractivity contribution in [1.29, 1.82) is 0 Å². The third-order valence-corrected chi connectivity index (χ3v) is 4.65. The molecule has 2 rings (SSSR count). The lowest BCUT2D eigenvalue weighted by Gasteiger charge is -2.06. The molecule has 2 aromatic heterocycles. The summed E-state index contributed by atoms with van der Waals surface area (Å²) in [5.74, 6) is 1.49. The third kappa shape index (κ3) is 2.69. The number of aromatic nitrogens is 2. The van der Waals surface area contributed by atoms with Gasteiger partial charge in [0.1, 0.15) is 0 Å². The van der Waals surface area contributed by atoms with Gasteiger partial charge in [0.15, 0.2) is 4.96 Å². The molecule has 0 aliphatic rings. The fourth-order valence-corrected chi connectivity index (χ4v) is 3.53. The number of hydrogen-bond donors (Lipinski definition) is 1. The molecule has 88 valence electrons.